The molecule has 0 aliphatic carbocycles. The second-order valence-corrected chi connectivity index (χ2v) is 5.84. The Balaban J connectivity index is 1.70. The summed E-state index contributed by atoms with van der Waals surface area (Å²) in [5, 5.41) is 3.62. The summed E-state index contributed by atoms with van der Waals surface area (Å²) in [6, 6.07) is 16.7. The van der Waals surface area contributed by atoms with Crippen LogP contribution in [0.25, 0.3) is 21.7 Å². The number of nitrogens with zero attached hydrogens (tertiary/aromatic N) is 1. The van der Waals surface area contributed by atoms with E-state index in [-0.39, 0.29) is 0 Å². The third-order valence-corrected chi connectivity index (χ3v) is 4.44. The van der Waals surface area contributed by atoms with E-state index in [9.17, 15) is 0 Å². The third kappa shape index (κ3) is 2.34. The normalized spacial score (nSPS) is 11.2. The molecule has 1 N–H and O–H groups in total. The minimum absolute atomic E-state index is 0.505. The van der Waals surface area contributed by atoms with Gasteiger partial charge in [0.25, 0.3) is 0 Å². The molecule has 0 unspecified atom stereocenters. The van der Waals surface area contributed by atoms with Crippen LogP contribution in [-0.4, -0.2) is 9.97 Å². The zero-order chi connectivity index (χ0) is 15.8. The first kappa shape index (κ1) is 13.8. The summed E-state index contributed by atoms with van der Waals surface area (Å²) in [7, 11) is 0. The SMILES string of the molecule is Cc1[nH]c2c(OCc3cccc4ccccc34)nccc2c1C. The van der Waals surface area contributed by atoms with E-state index in [2.05, 4.69) is 66.3 Å². The number of rotatable bonds is 3. The molecule has 0 saturated carbocycles. The number of aromatic nitrogens is 2. The number of nitrogens with one attached hydrogen (secondary N) is 1. The van der Waals surface area contributed by atoms with Crippen molar-refractivity contribution >= 4 is 21.7 Å². The summed E-state index contributed by atoms with van der Waals surface area (Å²) in [6.07, 6.45) is 1.81. The van der Waals surface area contributed by atoms with Gasteiger partial charge in [0, 0.05) is 17.3 Å². The molecule has 0 amide bonds. The predicted octanol–water partition coefficient (Wildman–Crippen LogP) is 4.91. The molecule has 0 spiro atoms. The minimum atomic E-state index is 0.505. The number of ether oxygens (including phenoxy) is 1. The highest BCUT2D eigenvalue weighted by Gasteiger charge is 2.11. The standard InChI is InChI=1S/C20H18N2O/c1-13-14(2)22-19-17(13)10-11-21-20(19)23-12-16-8-5-7-15-6-3-4-9-18(15)16/h3-11,22H,12H2,1-2H3. The lowest BCUT2D eigenvalue weighted by Gasteiger charge is -2.09. The Hall–Kier alpha value is -2.81. The number of hydrogen-bond donors (Lipinski definition) is 1. The average molecular weight is 302 g/mol. The minimum Gasteiger partial charge on any atom is -0.471 e. The van der Waals surface area contributed by atoms with Gasteiger partial charge in [-0.15, -0.1) is 0 Å². The molecule has 4 rings (SSSR count). The van der Waals surface area contributed by atoms with Gasteiger partial charge in [0.05, 0.1) is 0 Å². The highest BCUT2D eigenvalue weighted by Crippen LogP contribution is 2.28. The summed E-state index contributed by atoms with van der Waals surface area (Å²) in [5.41, 5.74) is 4.55. The van der Waals surface area contributed by atoms with Gasteiger partial charge >= 0.3 is 0 Å². The van der Waals surface area contributed by atoms with Crippen molar-refractivity contribution in [2.45, 2.75) is 20.5 Å². The van der Waals surface area contributed by atoms with E-state index in [4.69, 9.17) is 4.74 Å². The average Bonchev–Trinajstić information content (AvgIpc) is 2.88. The first-order valence-corrected chi connectivity index (χ1v) is 7.77. The van der Waals surface area contributed by atoms with Crippen LogP contribution in [0.4, 0.5) is 0 Å². The fourth-order valence-electron chi connectivity index (χ4n) is 3.03. The second-order valence-electron chi connectivity index (χ2n) is 5.84. The molecule has 2 aromatic carbocycles. The quantitative estimate of drug-likeness (QED) is 0.584. The lowest BCUT2D eigenvalue weighted by atomic mass is 10.1. The molecule has 2 heterocycles. The highest BCUT2D eigenvalue weighted by molar-refractivity contribution is 5.88. The lowest BCUT2D eigenvalue weighted by molar-refractivity contribution is 0.299. The number of aromatic amines is 1. The molecular weight excluding hydrogens is 284 g/mol. The Morgan fingerprint density at radius 1 is 0.957 bits per heavy atom. The van der Waals surface area contributed by atoms with Crippen molar-refractivity contribution in [2.75, 3.05) is 0 Å². The number of benzene rings is 2. The van der Waals surface area contributed by atoms with Crippen LogP contribution in [0.1, 0.15) is 16.8 Å². The fraction of sp³-hybridized carbons (Fsp3) is 0.150. The summed E-state index contributed by atoms with van der Waals surface area (Å²) >= 11 is 0. The van der Waals surface area contributed by atoms with Crippen molar-refractivity contribution in [3.05, 3.63) is 71.5 Å². The predicted molar refractivity (Wildman–Crippen MR) is 93.8 cm³/mol. The lowest BCUT2D eigenvalue weighted by Crippen LogP contribution is -1.98. The van der Waals surface area contributed by atoms with Crippen LogP contribution >= 0.6 is 0 Å². The maximum absolute atomic E-state index is 6.04. The first-order chi connectivity index (χ1) is 11.2. The Bertz CT molecular complexity index is 996. The molecule has 114 valence electrons. The van der Waals surface area contributed by atoms with Crippen molar-refractivity contribution in [3.63, 3.8) is 0 Å². The van der Waals surface area contributed by atoms with Gasteiger partial charge in [-0.05, 0) is 41.8 Å². The Labute approximate surface area is 134 Å². The molecular formula is C20H18N2O. The molecule has 0 aliphatic heterocycles. The first-order valence-electron chi connectivity index (χ1n) is 7.77. The van der Waals surface area contributed by atoms with Gasteiger partial charge in [0.2, 0.25) is 5.88 Å². The number of hydrogen-bond acceptors (Lipinski definition) is 2. The van der Waals surface area contributed by atoms with E-state index in [1.165, 1.54) is 27.3 Å². The van der Waals surface area contributed by atoms with Gasteiger partial charge in [-0.3, -0.25) is 0 Å². The monoisotopic (exact) mass is 302 g/mol. The van der Waals surface area contributed by atoms with Crippen LogP contribution < -0.4 is 4.74 Å². The van der Waals surface area contributed by atoms with Gasteiger partial charge in [-0.2, -0.15) is 0 Å². The van der Waals surface area contributed by atoms with E-state index in [1.54, 1.807) is 6.20 Å². The molecule has 23 heavy (non-hydrogen) atoms. The van der Waals surface area contributed by atoms with Gasteiger partial charge < -0.3 is 9.72 Å². The molecule has 3 nitrogen and oxygen atoms in total. The van der Waals surface area contributed by atoms with Gasteiger partial charge in [-0.1, -0.05) is 42.5 Å². The maximum atomic E-state index is 6.04. The Morgan fingerprint density at radius 2 is 1.78 bits per heavy atom. The topological polar surface area (TPSA) is 37.9 Å². The van der Waals surface area contributed by atoms with Gasteiger partial charge in [-0.25, -0.2) is 4.98 Å². The summed E-state index contributed by atoms with van der Waals surface area (Å²) in [5.74, 6) is 0.659. The van der Waals surface area contributed by atoms with E-state index in [0.717, 1.165) is 11.2 Å². The van der Waals surface area contributed by atoms with E-state index >= 15 is 0 Å². The van der Waals surface area contributed by atoms with E-state index < -0.39 is 0 Å². The largest absolute Gasteiger partial charge is 0.471 e. The van der Waals surface area contributed by atoms with Gasteiger partial charge in [0.15, 0.2) is 0 Å². The van der Waals surface area contributed by atoms with Crippen molar-refractivity contribution in [1.82, 2.24) is 9.97 Å². The molecule has 0 radical (unpaired) electrons. The molecule has 0 aliphatic rings. The zero-order valence-corrected chi connectivity index (χ0v) is 13.3. The summed E-state index contributed by atoms with van der Waals surface area (Å²) in [6.45, 7) is 4.69. The van der Waals surface area contributed by atoms with Crippen molar-refractivity contribution in [3.8, 4) is 5.88 Å². The molecule has 3 heteroatoms. The molecule has 0 atom stereocenters. The van der Waals surface area contributed by atoms with Crippen molar-refractivity contribution in [2.24, 2.45) is 0 Å². The smallest absolute Gasteiger partial charge is 0.238 e. The van der Waals surface area contributed by atoms with Crippen LogP contribution in [0.15, 0.2) is 54.7 Å². The third-order valence-electron chi connectivity index (χ3n) is 4.44. The Morgan fingerprint density at radius 3 is 2.70 bits per heavy atom. The zero-order valence-electron chi connectivity index (χ0n) is 13.3. The number of fused-ring (bicyclic) bond motifs is 2. The van der Waals surface area contributed by atoms with E-state index in [0.29, 0.717) is 12.5 Å². The number of aryl methyl sites for hydroxylation is 2. The summed E-state index contributed by atoms with van der Waals surface area (Å²) < 4.78 is 6.04. The van der Waals surface area contributed by atoms with Gasteiger partial charge in [0.1, 0.15) is 12.1 Å². The number of pyridine rings is 1. The second kappa shape index (κ2) is 5.43. The van der Waals surface area contributed by atoms with Crippen molar-refractivity contribution in [1.29, 1.82) is 0 Å². The fourth-order valence-corrected chi connectivity index (χ4v) is 3.03. The van der Waals surface area contributed by atoms with Crippen molar-refractivity contribution < 1.29 is 4.74 Å². The number of H-pyrrole nitrogens is 1. The van der Waals surface area contributed by atoms with Crippen LogP contribution in [0.2, 0.25) is 0 Å². The van der Waals surface area contributed by atoms with Crippen LogP contribution in [0.3, 0.4) is 0 Å². The van der Waals surface area contributed by atoms with Crippen LogP contribution in [-0.2, 0) is 6.61 Å². The molecule has 4 aromatic rings. The molecule has 0 saturated heterocycles. The summed E-state index contributed by atoms with van der Waals surface area (Å²) in [4.78, 5) is 7.78. The maximum Gasteiger partial charge on any atom is 0.238 e. The van der Waals surface area contributed by atoms with E-state index in [1.807, 2.05) is 6.07 Å². The van der Waals surface area contributed by atoms with Crippen LogP contribution in [0, 0.1) is 13.8 Å². The molecule has 0 fully saturated rings. The van der Waals surface area contributed by atoms with Crippen LogP contribution in [0.5, 0.6) is 5.88 Å². The molecule has 0 bridgehead atoms. The molecule has 2 aromatic heterocycles. The highest BCUT2D eigenvalue weighted by atomic mass is 16.5. The Kier molecular flexibility index (Phi) is 3.27.